The fourth-order valence-corrected chi connectivity index (χ4v) is 4.54. The van der Waals surface area contributed by atoms with E-state index < -0.39 is 0 Å². The van der Waals surface area contributed by atoms with E-state index >= 15 is 0 Å². The van der Waals surface area contributed by atoms with E-state index in [1.807, 2.05) is 25.4 Å². The lowest BCUT2D eigenvalue weighted by molar-refractivity contribution is 0.648. The number of halogens is 1. The van der Waals surface area contributed by atoms with E-state index in [-0.39, 0.29) is 0 Å². The second-order valence-corrected chi connectivity index (χ2v) is 8.64. The summed E-state index contributed by atoms with van der Waals surface area (Å²) in [5.74, 6) is 2.75. The number of rotatable bonds is 5. The summed E-state index contributed by atoms with van der Waals surface area (Å²) < 4.78 is 0. The summed E-state index contributed by atoms with van der Waals surface area (Å²) in [4.78, 5) is 18.1. The molecule has 0 bridgehead atoms. The molecule has 2 aromatic heterocycles. The van der Waals surface area contributed by atoms with Gasteiger partial charge in [0.2, 0.25) is 0 Å². The first-order valence-corrected chi connectivity index (χ1v) is 11.6. The Labute approximate surface area is 189 Å². The van der Waals surface area contributed by atoms with Crippen molar-refractivity contribution < 1.29 is 0 Å². The minimum atomic E-state index is 0.300. The van der Waals surface area contributed by atoms with E-state index in [1.165, 1.54) is 31.2 Å². The van der Waals surface area contributed by atoms with Crippen LogP contribution in [0.5, 0.6) is 0 Å². The van der Waals surface area contributed by atoms with Crippen molar-refractivity contribution in [2.24, 2.45) is 4.99 Å². The maximum atomic E-state index is 6.31. The molecule has 0 radical (unpaired) electrons. The number of guanidine groups is 1. The van der Waals surface area contributed by atoms with Gasteiger partial charge in [0.25, 0.3) is 0 Å². The van der Waals surface area contributed by atoms with E-state index in [4.69, 9.17) is 11.6 Å². The molecule has 2 saturated heterocycles. The lowest BCUT2D eigenvalue weighted by atomic mass is 10.2. The summed E-state index contributed by atoms with van der Waals surface area (Å²) in [6, 6.07) is 8.32. The first kappa shape index (κ1) is 21.7. The third-order valence-corrected chi connectivity index (χ3v) is 6.29. The number of hydrogen-bond donors (Lipinski definition) is 2. The number of anilines is 2. The molecule has 2 aliphatic rings. The molecule has 31 heavy (non-hydrogen) atoms. The van der Waals surface area contributed by atoms with Crippen LogP contribution < -0.4 is 20.4 Å². The second kappa shape index (κ2) is 10.7. The van der Waals surface area contributed by atoms with Gasteiger partial charge in [0, 0.05) is 58.2 Å². The third kappa shape index (κ3) is 5.79. The molecule has 0 aliphatic carbocycles. The van der Waals surface area contributed by atoms with Crippen molar-refractivity contribution in [3.63, 3.8) is 0 Å². The molecule has 0 aromatic carbocycles. The van der Waals surface area contributed by atoms with E-state index in [9.17, 15) is 0 Å². The van der Waals surface area contributed by atoms with Gasteiger partial charge in [0.15, 0.2) is 5.96 Å². The molecule has 7 nitrogen and oxygen atoms in total. The summed E-state index contributed by atoms with van der Waals surface area (Å²) in [6.45, 7) is 4.70. The molecule has 4 heterocycles. The van der Waals surface area contributed by atoms with Crippen LogP contribution in [0.15, 0.2) is 41.7 Å². The molecule has 166 valence electrons. The largest absolute Gasteiger partial charge is 0.357 e. The molecule has 1 unspecified atom stereocenters. The second-order valence-electron chi connectivity index (χ2n) is 8.23. The first-order valence-electron chi connectivity index (χ1n) is 11.3. The van der Waals surface area contributed by atoms with Crippen LogP contribution in [-0.2, 0) is 6.54 Å². The van der Waals surface area contributed by atoms with Crippen molar-refractivity contribution in [3.05, 3.63) is 47.2 Å². The number of pyridine rings is 2. The highest BCUT2D eigenvalue weighted by Gasteiger charge is 2.25. The van der Waals surface area contributed by atoms with Crippen LogP contribution in [0, 0.1) is 0 Å². The Morgan fingerprint density at radius 3 is 2.71 bits per heavy atom. The minimum Gasteiger partial charge on any atom is -0.357 e. The lowest BCUT2D eigenvalue weighted by Crippen LogP contribution is -2.44. The molecule has 4 rings (SSSR count). The molecule has 8 heteroatoms. The van der Waals surface area contributed by atoms with Gasteiger partial charge in [0.1, 0.15) is 11.6 Å². The molecule has 1 atom stereocenters. The Morgan fingerprint density at radius 2 is 1.94 bits per heavy atom. The normalized spacial score (nSPS) is 19.9. The number of aromatic nitrogens is 2. The predicted molar refractivity (Wildman–Crippen MR) is 128 cm³/mol. The highest BCUT2D eigenvalue weighted by molar-refractivity contribution is 6.32. The number of nitrogens with zero attached hydrogens (tertiary/aromatic N) is 5. The monoisotopic (exact) mass is 441 g/mol. The average Bonchev–Trinajstić information content (AvgIpc) is 3.08. The summed E-state index contributed by atoms with van der Waals surface area (Å²) >= 11 is 6.31. The van der Waals surface area contributed by atoms with Gasteiger partial charge in [-0.25, -0.2) is 9.97 Å². The number of nitrogens with one attached hydrogen (secondary N) is 2. The molecule has 0 saturated carbocycles. The molecule has 2 aromatic rings. The zero-order chi connectivity index (χ0) is 21.5. The maximum Gasteiger partial charge on any atom is 0.191 e. The Bertz CT molecular complexity index is 880. The molecule has 0 spiro atoms. The van der Waals surface area contributed by atoms with Crippen LogP contribution in [0.3, 0.4) is 0 Å². The van der Waals surface area contributed by atoms with Crippen LogP contribution in [0.25, 0.3) is 0 Å². The first-order chi connectivity index (χ1) is 15.2. The van der Waals surface area contributed by atoms with E-state index in [0.717, 1.165) is 50.2 Å². The van der Waals surface area contributed by atoms with Crippen molar-refractivity contribution in [2.45, 2.75) is 44.7 Å². The van der Waals surface area contributed by atoms with E-state index in [0.29, 0.717) is 17.6 Å². The van der Waals surface area contributed by atoms with Crippen LogP contribution >= 0.6 is 11.6 Å². The van der Waals surface area contributed by atoms with Crippen LogP contribution in [0.2, 0.25) is 5.02 Å². The summed E-state index contributed by atoms with van der Waals surface area (Å²) in [6.07, 6.45) is 9.87. The van der Waals surface area contributed by atoms with Crippen molar-refractivity contribution in [1.82, 2.24) is 20.6 Å². The smallest absolute Gasteiger partial charge is 0.191 e. The number of aliphatic imine (C=N–C) groups is 1. The number of hydrogen-bond acceptors (Lipinski definition) is 5. The van der Waals surface area contributed by atoms with Crippen molar-refractivity contribution in [2.75, 3.05) is 43.0 Å². The van der Waals surface area contributed by atoms with Gasteiger partial charge in [-0.3, -0.25) is 4.99 Å². The van der Waals surface area contributed by atoms with Crippen molar-refractivity contribution >= 4 is 29.2 Å². The van der Waals surface area contributed by atoms with Gasteiger partial charge < -0.3 is 20.4 Å². The Hall–Kier alpha value is -2.54. The molecular weight excluding hydrogens is 410 g/mol. The highest BCUT2D eigenvalue weighted by Crippen LogP contribution is 2.25. The average molecular weight is 442 g/mol. The van der Waals surface area contributed by atoms with Gasteiger partial charge in [0.05, 0.1) is 5.02 Å². The van der Waals surface area contributed by atoms with Crippen LogP contribution in [0.1, 0.15) is 37.7 Å². The van der Waals surface area contributed by atoms with Gasteiger partial charge in [-0.2, -0.15) is 0 Å². The Morgan fingerprint density at radius 1 is 1.10 bits per heavy atom. The molecule has 0 amide bonds. The van der Waals surface area contributed by atoms with Gasteiger partial charge in [-0.05, 0) is 49.1 Å². The summed E-state index contributed by atoms with van der Waals surface area (Å²) in [5, 5.41) is 7.69. The molecule has 2 fully saturated rings. The Kier molecular flexibility index (Phi) is 7.46. The maximum absolute atomic E-state index is 6.31. The lowest BCUT2D eigenvalue weighted by Gasteiger charge is -2.22. The zero-order valence-corrected chi connectivity index (χ0v) is 19.0. The van der Waals surface area contributed by atoms with E-state index in [1.54, 1.807) is 6.20 Å². The summed E-state index contributed by atoms with van der Waals surface area (Å²) in [7, 11) is 1.81. The van der Waals surface area contributed by atoms with E-state index in [2.05, 4.69) is 47.5 Å². The third-order valence-electron chi connectivity index (χ3n) is 5.99. The molecule has 2 aliphatic heterocycles. The predicted octanol–water partition coefficient (Wildman–Crippen LogP) is 3.45. The fraction of sp³-hybridized carbons (Fsp3) is 0.522. The minimum absolute atomic E-state index is 0.300. The zero-order valence-electron chi connectivity index (χ0n) is 18.2. The quantitative estimate of drug-likeness (QED) is 0.547. The topological polar surface area (TPSA) is 68.7 Å². The van der Waals surface area contributed by atoms with Crippen LogP contribution in [-0.4, -0.2) is 55.2 Å². The standard InChI is InChI=1S/C23H32ClN7/c1-25-23(29-19-9-14-31(17-19)22-20(24)7-6-10-27-22)28-16-18-8-11-26-21(15-18)30-12-4-2-3-5-13-30/h6-8,10-11,15,19H,2-5,9,12-14,16-17H2,1H3,(H2,25,28,29). The molecule has 2 N–H and O–H groups in total. The van der Waals surface area contributed by atoms with Crippen LogP contribution in [0.4, 0.5) is 11.6 Å². The van der Waals surface area contributed by atoms with Crippen molar-refractivity contribution in [1.29, 1.82) is 0 Å². The highest BCUT2D eigenvalue weighted by atomic mass is 35.5. The van der Waals surface area contributed by atoms with Gasteiger partial charge in [-0.15, -0.1) is 0 Å². The summed E-state index contributed by atoms with van der Waals surface area (Å²) in [5.41, 5.74) is 1.21. The van der Waals surface area contributed by atoms with Crippen molar-refractivity contribution in [3.8, 4) is 0 Å². The fourth-order valence-electron chi connectivity index (χ4n) is 4.30. The molecular formula is C23H32ClN7. The van der Waals surface area contributed by atoms with Gasteiger partial charge >= 0.3 is 0 Å². The Balaban J connectivity index is 1.30. The van der Waals surface area contributed by atoms with Gasteiger partial charge in [-0.1, -0.05) is 24.4 Å². The SMILES string of the molecule is CN=C(NCc1ccnc(N2CCCCCC2)c1)NC1CCN(c2ncccc2Cl)C1.